The van der Waals surface area contributed by atoms with Crippen LogP contribution in [0.25, 0.3) is 0 Å². The molecule has 2 aromatic carbocycles. The fraction of sp³-hybridized carbons (Fsp3) is 0.538. The molecule has 0 saturated heterocycles. The van der Waals surface area contributed by atoms with Gasteiger partial charge in [-0.25, -0.2) is 28.8 Å². The van der Waals surface area contributed by atoms with Crippen molar-refractivity contribution in [3.8, 4) is 0 Å². The van der Waals surface area contributed by atoms with Crippen molar-refractivity contribution in [1.29, 1.82) is 0 Å². The lowest BCUT2D eigenvalue weighted by Crippen LogP contribution is -2.15. The molecule has 0 fully saturated rings. The van der Waals surface area contributed by atoms with Gasteiger partial charge in [0.2, 0.25) is 0 Å². The number of hydrogen-bond acceptors (Lipinski definition) is 19. The van der Waals surface area contributed by atoms with Crippen LogP contribution in [0.1, 0.15) is 145 Å². The predicted molar refractivity (Wildman–Crippen MR) is 272 cm³/mol. The number of fused-ring (bicyclic) bond motifs is 1. The fourth-order valence-corrected chi connectivity index (χ4v) is 3.78. The second-order valence-corrected chi connectivity index (χ2v) is 14.0. The number of cyclic esters (lactones) is 4. The summed E-state index contributed by atoms with van der Waals surface area (Å²) in [6.45, 7) is 16.6. The maximum absolute atomic E-state index is 11.9. The molecule has 4 rings (SSSR count). The Kier molecular flexibility index (Phi) is 59.8. The molecule has 2 aromatic rings. The van der Waals surface area contributed by atoms with Crippen LogP contribution >= 0.6 is 0 Å². The highest BCUT2D eigenvalue weighted by Crippen LogP contribution is 2.18. The van der Waals surface area contributed by atoms with E-state index in [-0.39, 0.29) is 65.6 Å². The summed E-state index contributed by atoms with van der Waals surface area (Å²) in [4.78, 5) is 87.3. The maximum Gasteiger partial charge on any atom is 0.346 e. The molecule has 2 atom stereocenters. The van der Waals surface area contributed by atoms with Crippen LogP contribution in [0.3, 0.4) is 0 Å². The molecule has 4 N–H and O–H groups in total. The van der Waals surface area contributed by atoms with Gasteiger partial charge in [-0.1, -0.05) is 86.7 Å². The molecule has 19 nitrogen and oxygen atoms in total. The molecule has 0 aromatic heterocycles. The van der Waals surface area contributed by atoms with Gasteiger partial charge in [-0.15, -0.1) is 0 Å². The van der Waals surface area contributed by atoms with Gasteiger partial charge in [0.25, 0.3) is 0 Å². The minimum absolute atomic E-state index is 0. The number of methoxy groups -OCH3 is 3. The quantitative estimate of drug-likeness (QED) is 0.0306. The first-order valence-corrected chi connectivity index (χ1v) is 21.7. The number of ketones is 2. The van der Waals surface area contributed by atoms with Crippen LogP contribution in [0.2, 0.25) is 0 Å². The average Bonchev–Trinajstić information content (AvgIpc) is 3.85. The van der Waals surface area contributed by atoms with E-state index >= 15 is 0 Å². The van der Waals surface area contributed by atoms with E-state index in [1.807, 2.05) is 0 Å². The van der Waals surface area contributed by atoms with Crippen LogP contribution in [0, 0.1) is 5.92 Å². The molecule has 71 heavy (non-hydrogen) atoms. The van der Waals surface area contributed by atoms with E-state index in [2.05, 4.69) is 48.8 Å². The Hall–Kier alpha value is -5.80. The number of ether oxygens (including phenoxy) is 7. The Morgan fingerprint density at radius 3 is 1.44 bits per heavy atom. The van der Waals surface area contributed by atoms with Crippen LogP contribution in [-0.4, -0.2) is 148 Å². The number of aliphatic hydroxyl groups is 4. The van der Waals surface area contributed by atoms with Crippen molar-refractivity contribution < 1.29 is 91.9 Å². The number of rotatable bonds is 17. The van der Waals surface area contributed by atoms with Gasteiger partial charge in [-0.2, -0.15) is 0 Å². The summed E-state index contributed by atoms with van der Waals surface area (Å²) >= 11 is 0. The van der Waals surface area contributed by atoms with Gasteiger partial charge in [0.05, 0.1) is 42.1 Å². The number of hydrogen-bond donors (Lipinski definition) is 4. The highest BCUT2D eigenvalue weighted by molar-refractivity contribution is 6.14. The lowest BCUT2D eigenvalue weighted by molar-refractivity contribution is -0.150. The summed E-state index contributed by atoms with van der Waals surface area (Å²) in [6.07, 6.45) is 8.01. The molecule has 0 amide bonds. The summed E-state index contributed by atoms with van der Waals surface area (Å²) in [5.41, 5.74) is 1.04. The molecule has 0 bridgehead atoms. The number of carbonyl (C=O) groups is 8. The standard InChI is InChI=1S/C16H16O6.C8H4O3.3C5H12O.C4H2O3.2C3H8O2.3CH4/c1-3-21-15(19)9-8-12(18)10-22-16(20)14-7-5-4-6-13(14)11(2)17;9-7-5-3-1-2-4-6(5)8(10)11-7;1-5(2)4-6-3;1-4-5(2)6-3;1-3-4-5-6-2;5-3-1-2-4(6)7-3;1-3(5)2-4;4-2-1-3-5;;;/h4-9H,3,10H2,1-2H3;1-4H;2*5H,4H2,1-3H3;3-5H2,1-2H3;1-2H;3-5H,2H2,1H3;4-5H,1-3H2;3*1H4/b9-8+;;;;;;;;;;. The first kappa shape index (κ1) is 79.3. The SMILES string of the molecule is C.C.C.CC(O)CO.CCC(C)OC.CCCCOC.CCOC(=O)/C=C/C(=O)COC(=O)c1ccccc1C(C)=O.COCC(C)C.O=C1C=CC(=O)O1.O=C1OC(=O)c2ccccc21.OCCCO. The first-order valence-electron chi connectivity index (χ1n) is 21.7. The van der Waals surface area contributed by atoms with Crippen molar-refractivity contribution in [3.63, 3.8) is 0 Å². The zero-order valence-electron chi connectivity index (χ0n) is 41.4. The molecule has 2 unspecified atom stereocenters. The van der Waals surface area contributed by atoms with Crippen molar-refractivity contribution in [3.05, 3.63) is 95.1 Å². The fourth-order valence-electron chi connectivity index (χ4n) is 3.78. The number of unbranched alkanes of at least 4 members (excludes halogenated alkanes) is 1. The minimum atomic E-state index is -0.774. The zero-order valence-corrected chi connectivity index (χ0v) is 41.4. The molecular formula is C52H86O19. The molecule has 2 aliphatic rings. The molecule has 0 aliphatic carbocycles. The van der Waals surface area contributed by atoms with Crippen LogP contribution in [0.4, 0.5) is 0 Å². The first-order chi connectivity index (χ1) is 32.2. The minimum Gasteiger partial charge on any atom is -0.463 e. The van der Waals surface area contributed by atoms with Crippen molar-refractivity contribution >= 4 is 47.4 Å². The van der Waals surface area contributed by atoms with Crippen LogP contribution in [0.15, 0.2) is 72.8 Å². The third-order valence-corrected chi connectivity index (χ3v) is 7.43. The lowest BCUT2D eigenvalue weighted by Gasteiger charge is -2.06. The van der Waals surface area contributed by atoms with Crippen molar-refractivity contribution in [1.82, 2.24) is 0 Å². The summed E-state index contributed by atoms with van der Waals surface area (Å²) < 4.78 is 32.2. The highest BCUT2D eigenvalue weighted by atomic mass is 16.6. The van der Waals surface area contributed by atoms with E-state index in [4.69, 9.17) is 39.4 Å². The normalized spacial score (nSPS) is 11.7. The van der Waals surface area contributed by atoms with Crippen LogP contribution < -0.4 is 0 Å². The summed E-state index contributed by atoms with van der Waals surface area (Å²) in [5.74, 6) is -3.85. The number of carbonyl (C=O) groups excluding carboxylic acids is 8. The predicted octanol–water partition coefficient (Wildman–Crippen LogP) is 7.14. The Morgan fingerprint density at radius 2 is 1.15 bits per heavy atom. The third-order valence-electron chi connectivity index (χ3n) is 7.43. The zero-order chi connectivity index (χ0) is 52.9. The third kappa shape index (κ3) is 47.6. The van der Waals surface area contributed by atoms with Gasteiger partial charge >= 0.3 is 35.8 Å². The van der Waals surface area contributed by atoms with Crippen molar-refractivity contribution in [2.75, 3.05) is 67.6 Å². The Bertz CT molecular complexity index is 1720. The molecule has 0 saturated carbocycles. The van der Waals surface area contributed by atoms with Gasteiger partial charge in [-0.3, -0.25) is 9.59 Å². The molecule has 19 heteroatoms. The molecular weight excluding hydrogens is 929 g/mol. The van der Waals surface area contributed by atoms with Gasteiger partial charge in [0.1, 0.15) is 0 Å². The van der Waals surface area contributed by atoms with Gasteiger partial charge in [0.15, 0.2) is 18.2 Å². The van der Waals surface area contributed by atoms with Gasteiger partial charge < -0.3 is 53.6 Å². The van der Waals surface area contributed by atoms with E-state index < -0.39 is 54.3 Å². The average molecular weight is 1020 g/mol. The summed E-state index contributed by atoms with van der Waals surface area (Å²) in [7, 11) is 5.18. The van der Waals surface area contributed by atoms with E-state index in [1.165, 1.54) is 38.8 Å². The maximum atomic E-state index is 11.9. The lowest BCUT2D eigenvalue weighted by atomic mass is 10.0. The summed E-state index contributed by atoms with van der Waals surface area (Å²) in [6, 6.07) is 12.7. The molecule has 2 heterocycles. The molecule has 0 radical (unpaired) electrons. The topological polar surface area (TPSA) is 282 Å². The monoisotopic (exact) mass is 1010 g/mol. The van der Waals surface area contributed by atoms with Crippen molar-refractivity contribution in [2.45, 2.75) is 116 Å². The second-order valence-electron chi connectivity index (χ2n) is 14.0. The van der Waals surface area contributed by atoms with E-state index in [0.29, 0.717) is 29.6 Å². The molecule has 0 spiro atoms. The van der Waals surface area contributed by atoms with E-state index in [0.717, 1.165) is 43.9 Å². The van der Waals surface area contributed by atoms with Crippen LogP contribution in [-0.2, 0) is 52.3 Å². The highest BCUT2D eigenvalue weighted by Gasteiger charge is 2.28. The molecule has 408 valence electrons. The molecule has 2 aliphatic heterocycles. The smallest absolute Gasteiger partial charge is 0.346 e. The summed E-state index contributed by atoms with van der Waals surface area (Å²) in [5, 5.41) is 31.8. The second kappa shape index (κ2) is 53.5. The van der Waals surface area contributed by atoms with E-state index in [9.17, 15) is 38.4 Å². The van der Waals surface area contributed by atoms with Crippen molar-refractivity contribution in [2.24, 2.45) is 5.92 Å². The number of Topliss-reactive ketones (excluding diaryl/α,β-unsaturated/α-hetero) is 1. The van der Waals surface area contributed by atoms with E-state index in [1.54, 1.807) is 64.7 Å². The largest absolute Gasteiger partial charge is 0.463 e. The van der Waals surface area contributed by atoms with Crippen LogP contribution in [0.5, 0.6) is 0 Å². The Labute approximate surface area is 422 Å². The van der Waals surface area contributed by atoms with Gasteiger partial charge in [0, 0.05) is 71.5 Å². The Balaban J connectivity index is -0.000000142. The number of esters is 6. The number of benzene rings is 2. The number of aliphatic hydroxyl groups excluding tert-OH is 4. The Morgan fingerprint density at radius 1 is 0.676 bits per heavy atom. The van der Waals surface area contributed by atoms with Gasteiger partial charge in [-0.05, 0) is 77.2 Å².